The van der Waals surface area contributed by atoms with E-state index in [9.17, 15) is 9.59 Å². The van der Waals surface area contributed by atoms with E-state index in [1.807, 2.05) is 38.1 Å². The predicted octanol–water partition coefficient (Wildman–Crippen LogP) is 3.73. The molecule has 3 aromatic rings. The molecule has 28 heavy (non-hydrogen) atoms. The van der Waals surface area contributed by atoms with Crippen molar-refractivity contribution in [3.8, 4) is 5.75 Å². The summed E-state index contributed by atoms with van der Waals surface area (Å²) < 4.78 is 5.57. The lowest BCUT2D eigenvalue weighted by atomic mass is 10.2. The average molecular weight is 377 g/mol. The largest absolute Gasteiger partial charge is 0.484 e. The second kappa shape index (κ2) is 8.99. The molecule has 0 saturated carbocycles. The van der Waals surface area contributed by atoms with Crippen LogP contribution in [0.3, 0.4) is 0 Å². The van der Waals surface area contributed by atoms with E-state index in [0.29, 0.717) is 30.1 Å². The third-order valence-electron chi connectivity index (χ3n) is 4.41. The number of hydrogen-bond acceptors (Lipinski definition) is 4. The first-order valence-corrected chi connectivity index (χ1v) is 9.27. The zero-order valence-corrected chi connectivity index (χ0v) is 16.0. The average Bonchev–Trinajstić information content (AvgIpc) is 2.73. The molecule has 0 saturated heterocycles. The summed E-state index contributed by atoms with van der Waals surface area (Å²) in [7, 11) is 0. The number of fused-ring (bicyclic) bond motifs is 1. The molecule has 144 valence electrons. The summed E-state index contributed by atoms with van der Waals surface area (Å²) in [5, 5.41) is 3.72. The van der Waals surface area contributed by atoms with Crippen molar-refractivity contribution in [3.63, 3.8) is 0 Å². The van der Waals surface area contributed by atoms with Crippen molar-refractivity contribution >= 4 is 28.4 Å². The Kier molecular flexibility index (Phi) is 6.22. The molecule has 0 bridgehead atoms. The molecule has 0 radical (unpaired) electrons. The van der Waals surface area contributed by atoms with Crippen LogP contribution in [0.25, 0.3) is 10.9 Å². The van der Waals surface area contributed by atoms with Gasteiger partial charge in [0, 0.05) is 35.9 Å². The number of anilines is 1. The first kappa shape index (κ1) is 19.4. The van der Waals surface area contributed by atoms with E-state index in [1.165, 1.54) is 0 Å². The van der Waals surface area contributed by atoms with E-state index in [4.69, 9.17) is 4.74 Å². The van der Waals surface area contributed by atoms with Crippen molar-refractivity contribution in [2.75, 3.05) is 25.0 Å². The van der Waals surface area contributed by atoms with Gasteiger partial charge in [0.1, 0.15) is 5.75 Å². The number of hydrogen-bond donors (Lipinski definition) is 1. The lowest BCUT2D eigenvalue weighted by molar-refractivity contribution is -0.118. The van der Waals surface area contributed by atoms with Crippen molar-refractivity contribution in [2.24, 2.45) is 0 Å². The van der Waals surface area contributed by atoms with Gasteiger partial charge in [-0.2, -0.15) is 0 Å². The molecule has 1 N–H and O–H groups in total. The topological polar surface area (TPSA) is 71.5 Å². The van der Waals surface area contributed by atoms with Gasteiger partial charge in [0.15, 0.2) is 6.61 Å². The van der Waals surface area contributed by atoms with Gasteiger partial charge in [-0.3, -0.25) is 14.6 Å². The molecule has 1 aromatic heterocycles. The minimum absolute atomic E-state index is 0.0167. The van der Waals surface area contributed by atoms with Gasteiger partial charge in [0.25, 0.3) is 11.8 Å². The second-order valence-electron chi connectivity index (χ2n) is 6.25. The standard InChI is InChI=1S/C22H23N3O3/c1-3-25(4-2)22(27)16-7-9-18(10-8-16)24-21(26)15-28-19-11-12-20-17(14-19)6-5-13-23-20/h5-14H,3-4,15H2,1-2H3,(H,24,26). The zero-order valence-electron chi connectivity index (χ0n) is 16.0. The quantitative estimate of drug-likeness (QED) is 0.681. The van der Waals surface area contributed by atoms with Gasteiger partial charge in [-0.25, -0.2) is 0 Å². The number of ether oxygens (including phenoxy) is 1. The van der Waals surface area contributed by atoms with Gasteiger partial charge in [-0.1, -0.05) is 6.07 Å². The van der Waals surface area contributed by atoms with E-state index >= 15 is 0 Å². The van der Waals surface area contributed by atoms with E-state index in [2.05, 4.69) is 10.3 Å². The van der Waals surface area contributed by atoms with Gasteiger partial charge < -0.3 is 15.0 Å². The normalized spacial score (nSPS) is 10.5. The van der Waals surface area contributed by atoms with Crippen LogP contribution in [0.5, 0.6) is 5.75 Å². The molecule has 0 unspecified atom stereocenters. The molecule has 0 atom stereocenters. The van der Waals surface area contributed by atoms with Crippen LogP contribution < -0.4 is 10.1 Å². The molecule has 0 aliphatic rings. The second-order valence-corrected chi connectivity index (χ2v) is 6.25. The smallest absolute Gasteiger partial charge is 0.262 e. The van der Waals surface area contributed by atoms with Crippen LogP contribution >= 0.6 is 0 Å². The van der Waals surface area contributed by atoms with Crippen molar-refractivity contribution in [2.45, 2.75) is 13.8 Å². The highest BCUT2D eigenvalue weighted by Gasteiger charge is 2.12. The number of carbonyl (C=O) groups excluding carboxylic acids is 2. The highest BCUT2D eigenvalue weighted by atomic mass is 16.5. The lowest BCUT2D eigenvalue weighted by Gasteiger charge is -2.18. The SMILES string of the molecule is CCN(CC)C(=O)c1ccc(NC(=O)COc2ccc3ncccc3c2)cc1. The van der Waals surface area contributed by atoms with Crippen molar-refractivity contribution < 1.29 is 14.3 Å². The Labute approximate surface area is 164 Å². The molecule has 3 rings (SSSR count). The fourth-order valence-electron chi connectivity index (χ4n) is 2.88. The molecule has 2 amide bonds. The zero-order chi connectivity index (χ0) is 19.9. The fourth-order valence-corrected chi connectivity index (χ4v) is 2.88. The van der Waals surface area contributed by atoms with E-state index in [-0.39, 0.29) is 18.4 Å². The fraction of sp³-hybridized carbons (Fsp3) is 0.227. The Morgan fingerprint density at radius 1 is 1.04 bits per heavy atom. The number of carbonyl (C=O) groups is 2. The Morgan fingerprint density at radius 3 is 2.50 bits per heavy atom. The van der Waals surface area contributed by atoms with Gasteiger partial charge >= 0.3 is 0 Å². The summed E-state index contributed by atoms with van der Waals surface area (Å²) >= 11 is 0. The molecular formula is C22H23N3O3. The maximum absolute atomic E-state index is 12.3. The molecule has 0 aliphatic carbocycles. The minimum atomic E-state index is -0.269. The van der Waals surface area contributed by atoms with Crippen LogP contribution in [-0.2, 0) is 4.79 Å². The van der Waals surface area contributed by atoms with Crippen LogP contribution in [-0.4, -0.2) is 41.4 Å². The summed E-state index contributed by atoms with van der Waals surface area (Å²) in [5.41, 5.74) is 2.09. The van der Waals surface area contributed by atoms with Gasteiger partial charge in [0.2, 0.25) is 0 Å². The molecule has 6 heteroatoms. The highest BCUT2D eigenvalue weighted by molar-refractivity contribution is 5.96. The Morgan fingerprint density at radius 2 is 1.79 bits per heavy atom. The monoisotopic (exact) mass is 377 g/mol. The summed E-state index contributed by atoms with van der Waals surface area (Å²) in [6.07, 6.45) is 1.73. The predicted molar refractivity (Wildman–Crippen MR) is 110 cm³/mol. The number of nitrogens with zero attached hydrogens (tertiary/aromatic N) is 2. The first-order valence-electron chi connectivity index (χ1n) is 9.27. The Bertz CT molecular complexity index is 966. The molecule has 6 nitrogen and oxygen atoms in total. The number of benzene rings is 2. The number of rotatable bonds is 7. The van der Waals surface area contributed by atoms with Crippen LogP contribution in [0, 0.1) is 0 Å². The van der Waals surface area contributed by atoms with Gasteiger partial charge in [-0.15, -0.1) is 0 Å². The van der Waals surface area contributed by atoms with Crippen molar-refractivity contribution in [1.29, 1.82) is 0 Å². The molecule has 1 heterocycles. The van der Waals surface area contributed by atoms with Gasteiger partial charge in [0.05, 0.1) is 5.52 Å². The number of aromatic nitrogens is 1. The number of pyridine rings is 1. The van der Waals surface area contributed by atoms with Crippen LogP contribution in [0.2, 0.25) is 0 Å². The van der Waals surface area contributed by atoms with E-state index in [1.54, 1.807) is 41.4 Å². The summed E-state index contributed by atoms with van der Waals surface area (Å²) in [5.74, 6) is 0.321. The van der Waals surface area contributed by atoms with Crippen LogP contribution in [0.1, 0.15) is 24.2 Å². The van der Waals surface area contributed by atoms with Gasteiger partial charge in [-0.05, 0) is 62.4 Å². The number of nitrogens with one attached hydrogen (secondary N) is 1. The number of amides is 2. The summed E-state index contributed by atoms with van der Waals surface area (Å²) in [6, 6.07) is 16.2. The Hall–Kier alpha value is -3.41. The molecule has 0 fully saturated rings. The maximum Gasteiger partial charge on any atom is 0.262 e. The lowest BCUT2D eigenvalue weighted by Crippen LogP contribution is -2.30. The molecule has 0 spiro atoms. The molecular weight excluding hydrogens is 354 g/mol. The highest BCUT2D eigenvalue weighted by Crippen LogP contribution is 2.19. The summed E-state index contributed by atoms with van der Waals surface area (Å²) in [6.45, 7) is 5.11. The molecule has 0 aliphatic heterocycles. The third kappa shape index (κ3) is 4.65. The van der Waals surface area contributed by atoms with Crippen LogP contribution in [0.15, 0.2) is 60.8 Å². The third-order valence-corrected chi connectivity index (χ3v) is 4.41. The summed E-state index contributed by atoms with van der Waals surface area (Å²) in [4.78, 5) is 30.5. The van der Waals surface area contributed by atoms with Crippen LogP contribution in [0.4, 0.5) is 5.69 Å². The minimum Gasteiger partial charge on any atom is -0.484 e. The first-order chi connectivity index (χ1) is 13.6. The van der Waals surface area contributed by atoms with Crippen molar-refractivity contribution in [1.82, 2.24) is 9.88 Å². The molecule has 2 aromatic carbocycles. The van der Waals surface area contributed by atoms with Crippen molar-refractivity contribution in [3.05, 3.63) is 66.4 Å². The van der Waals surface area contributed by atoms with E-state index in [0.717, 1.165) is 10.9 Å². The maximum atomic E-state index is 12.3. The Balaban J connectivity index is 1.56. The van der Waals surface area contributed by atoms with E-state index < -0.39 is 0 Å².